The normalized spacial score (nSPS) is 19.7. The van der Waals surface area contributed by atoms with Crippen LogP contribution in [-0.2, 0) is 11.3 Å². The third kappa shape index (κ3) is 5.96. The summed E-state index contributed by atoms with van der Waals surface area (Å²) >= 11 is 0. The molecule has 0 bridgehead atoms. The molecule has 1 N–H and O–H groups in total. The van der Waals surface area contributed by atoms with Gasteiger partial charge in [0.05, 0.1) is 25.5 Å². The van der Waals surface area contributed by atoms with Crippen molar-refractivity contribution in [2.45, 2.75) is 26.3 Å². The van der Waals surface area contributed by atoms with Gasteiger partial charge in [-0.05, 0) is 26.3 Å². The molecular formula is C18H31N5O3. The second-order valence-electron chi connectivity index (χ2n) is 7.09. The van der Waals surface area contributed by atoms with Gasteiger partial charge in [-0.15, -0.1) is 0 Å². The monoisotopic (exact) mass is 365 g/mol. The summed E-state index contributed by atoms with van der Waals surface area (Å²) in [4.78, 5) is 18.9. The maximum absolute atomic E-state index is 12.3. The van der Waals surface area contributed by atoms with Gasteiger partial charge < -0.3 is 19.5 Å². The Labute approximate surface area is 155 Å². The van der Waals surface area contributed by atoms with E-state index in [9.17, 15) is 4.79 Å². The zero-order valence-corrected chi connectivity index (χ0v) is 15.8. The predicted molar refractivity (Wildman–Crippen MR) is 98.0 cm³/mol. The van der Waals surface area contributed by atoms with Gasteiger partial charge in [0.15, 0.2) is 5.76 Å². The van der Waals surface area contributed by atoms with Gasteiger partial charge in [-0.3, -0.25) is 9.80 Å². The van der Waals surface area contributed by atoms with Crippen molar-refractivity contribution in [3.63, 3.8) is 0 Å². The molecule has 8 nitrogen and oxygen atoms in total. The molecule has 3 rings (SSSR count). The van der Waals surface area contributed by atoms with Crippen LogP contribution in [-0.4, -0.2) is 91.5 Å². The number of hydrogen-bond acceptors (Lipinski definition) is 6. The van der Waals surface area contributed by atoms with E-state index in [2.05, 4.69) is 20.3 Å². The molecule has 2 fully saturated rings. The van der Waals surface area contributed by atoms with Crippen molar-refractivity contribution in [2.24, 2.45) is 0 Å². The minimum absolute atomic E-state index is 0.0616. The van der Waals surface area contributed by atoms with Crippen LogP contribution in [0.2, 0.25) is 0 Å². The van der Waals surface area contributed by atoms with Crippen LogP contribution in [0.5, 0.6) is 0 Å². The number of ether oxygens (including phenoxy) is 1. The maximum atomic E-state index is 12.3. The van der Waals surface area contributed by atoms with Gasteiger partial charge in [0.25, 0.3) is 0 Å². The van der Waals surface area contributed by atoms with Crippen LogP contribution in [0.4, 0.5) is 4.79 Å². The number of carbonyl (C=O) groups excluding carboxylic acids is 1. The molecule has 26 heavy (non-hydrogen) atoms. The minimum Gasteiger partial charge on any atom is -0.379 e. The average molecular weight is 365 g/mol. The average Bonchev–Trinajstić information content (AvgIpc) is 3.07. The SMILES string of the molecule is Cc1cc(CN2CCN(C(=O)NCCCCN3CCOCC3)CC2)on1. The summed E-state index contributed by atoms with van der Waals surface area (Å²) in [5, 5.41) is 6.97. The van der Waals surface area contributed by atoms with Gasteiger partial charge in [-0.2, -0.15) is 0 Å². The molecule has 0 aliphatic carbocycles. The highest BCUT2D eigenvalue weighted by molar-refractivity contribution is 5.74. The summed E-state index contributed by atoms with van der Waals surface area (Å²) in [6, 6.07) is 2.03. The van der Waals surface area contributed by atoms with Gasteiger partial charge in [0.1, 0.15) is 0 Å². The maximum Gasteiger partial charge on any atom is 0.317 e. The molecule has 1 aromatic heterocycles. The first-order chi connectivity index (χ1) is 12.7. The standard InChI is InChI=1S/C18H31N5O3/c1-16-14-17(26-20-16)15-22-6-8-23(9-7-22)18(24)19-4-2-3-5-21-10-12-25-13-11-21/h14H,2-13,15H2,1H3,(H,19,24). The first kappa shape index (κ1) is 19.1. The number of hydrogen-bond donors (Lipinski definition) is 1. The number of amides is 2. The molecular weight excluding hydrogens is 334 g/mol. The van der Waals surface area contributed by atoms with Gasteiger partial charge in [-0.25, -0.2) is 4.79 Å². The van der Waals surface area contributed by atoms with Gasteiger partial charge in [-0.1, -0.05) is 5.16 Å². The van der Waals surface area contributed by atoms with Crippen molar-refractivity contribution in [1.29, 1.82) is 0 Å². The number of morpholine rings is 1. The molecule has 3 heterocycles. The Balaban J connectivity index is 1.25. The number of aromatic nitrogens is 1. The van der Waals surface area contributed by atoms with Crippen LogP contribution in [0.15, 0.2) is 10.6 Å². The van der Waals surface area contributed by atoms with E-state index in [1.807, 2.05) is 17.9 Å². The van der Waals surface area contributed by atoms with E-state index in [1.165, 1.54) is 0 Å². The summed E-state index contributed by atoms with van der Waals surface area (Å²) in [6.45, 7) is 11.5. The van der Waals surface area contributed by atoms with Crippen molar-refractivity contribution < 1.29 is 14.1 Å². The fraction of sp³-hybridized carbons (Fsp3) is 0.778. The lowest BCUT2D eigenvalue weighted by molar-refractivity contribution is 0.0372. The third-order valence-corrected chi connectivity index (χ3v) is 5.00. The molecule has 2 amide bonds. The minimum atomic E-state index is 0.0616. The van der Waals surface area contributed by atoms with E-state index in [0.717, 1.165) is 96.4 Å². The molecule has 0 saturated carbocycles. The number of rotatable bonds is 7. The Bertz CT molecular complexity index is 551. The fourth-order valence-electron chi connectivity index (χ4n) is 3.41. The second-order valence-corrected chi connectivity index (χ2v) is 7.09. The Kier molecular flexibility index (Phi) is 7.28. The highest BCUT2D eigenvalue weighted by atomic mass is 16.5. The third-order valence-electron chi connectivity index (χ3n) is 5.00. The summed E-state index contributed by atoms with van der Waals surface area (Å²) in [7, 11) is 0. The Hall–Kier alpha value is -1.64. The smallest absolute Gasteiger partial charge is 0.317 e. The number of piperazine rings is 1. The molecule has 0 radical (unpaired) electrons. The van der Waals surface area contributed by atoms with E-state index >= 15 is 0 Å². The van der Waals surface area contributed by atoms with Gasteiger partial charge >= 0.3 is 6.03 Å². The van der Waals surface area contributed by atoms with Crippen LogP contribution < -0.4 is 5.32 Å². The van der Waals surface area contributed by atoms with Gasteiger partial charge in [0, 0.05) is 51.9 Å². The van der Waals surface area contributed by atoms with Crippen LogP contribution in [0.3, 0.4) is 0 Å². The van der Waals surface area contributed by atoms with Crippen LogP contribution in [0.25, 0.3) is 0 Å². The highest BCUT2D eigenvalue weighted by Crippen LogP contribution is 2.10. The van der Waals surface area contributed by atoms with E-state index in [-0.39, 0.29) is 6.03 Å². The zero-order chi connectivity index (χ0) is 18.2. The number of urea groups is 1. The van der Waals surface area contributed by atoms with Crippen molar-refractivity contribution in [2.75, 3.05) is 65.6 Å². The van der Waals surface area contributed by atoms with E-state index in [1.54, 1.807) is 0 Å². The van der Waals surface area contributed by atoms with E-state index in [0.29, 0.717) is 0 Å². The van der Waals surface area contributed by atoms with Gasteiger partial charge in [0.2, 0.25) is 0 Å². The largest absolute Gasteiger partial charge is 0.379 e. The molecule has 2 aliphatic heterocycles. The molecule has 0 atom stereocenters. The molecule has 2 aliphatic rings. The lowest BCUT2D eigenvalue weighted by Gasteiger charge is -2.34. The van der Waals surface area contributed by atoms with Crippen molar-refractivity contribution in [1.82, 2.24) is 25.2 Å². The number of nitrogens with zero attached hydrogens (tertiary/aromatic N) is 4. The van der Waals surface area contributed by atoms with Crippen molar-refractivity contribution in [3.05, 3.63) is 17.5 Å². The quantitative estimate of drug-likeness (QED) is 0.725. The number of aryl methyl sites for hydroxylation is 1. The molecule has 0 spiro atoms. The van der Waals surface area contributed by atoms with E-state index < -0.39 is 0 Å². The fourth-order valence-corrected chi connectivity index (χ4v) is 3.41. The Morgan fingerprint density at radius 1 is 1.12 bits per heavy atom. The molecule has 0 unspecified atom stereocenters. The summed E-state index contributed by atoms with van der Waals surface area (Å²) in [5.41, 5.74) is 0.909. The molecule has 1 aromatic rings. The Morgan fingerprint density at radius 3 is 2.58 bits per heavy atom. The zero-order valence-electron chi connectivity index (χ0n) is 15.8. The molecule has 8 heteroatoms. The van der Waals surface area contributed by atoms with E-state index in [4.69, 9.17) is 9.26 Å². The topological polar surface area (TPSA) is 74.1 Å². The number of carbonyl (C=O) groups is 1. The predicted octanol–water partition coefficient (Wildman–Crippen LogP) is 0.923. The highest BCUT2D eigenvalue weighted by Gasteiger charge is 2.21. The van der Waals surface area contributed by atoms with Crippen LogP contribution >= 0.6 is 0 Å². The first-order valence-electron chi connectivity index (χ1n) is 9.68. The first-order valence-corrected chi connectivity index (χ1v) is 9.68. The number of unbranched alkanes of at least 4 members (excludes halogenated alkanes) is 1. The summed E-state index contributed by atoms with van der Waals surface area (Å²) in [5.74, 6) is 0.890. The Morgan fingerprint density at radius 2 is 1.88 bits per heavy atom. The number of nitrogens with one attached hydrogen (secondary N) is 1. The summed E-state index contributed by atoms with van der Waals surface area (Å²) < 4.78 is 10.6. The molecule has 2 saturated heterocycles. The lowest BCUT2D eigenvalue weighted by atomic mass is 10.2. The second kappa shape index (κ2) is 9.89. The van der Waals surface area contributed by atoms with Crippen molar-refractivity contribution in [3.8, 4) is 0 Å². The lowest BCUT2D eigenvalue weighted by Crippen LogP contribution is -2.51. The van der Waals surface area contributed by atoms with Crippen LogP contribution in [0.1, 0.15) is 24.3 Å². The van der Waals surface area contributed by atoms with Crippen molar-refractivity contribution >= 4 is 6.03 Å². The van der Waals surface area contributed by atoms with Crippen LogP contribution in [0, 0.1) is 6.92 Å². The summed E-state index contributed by atoms with van der Waals surface area (Å²) in [6.07, 6.45) is 2.14. The molecule has 146 valence electrons. The molecule has 0 aromatic carbocycles.